The van der Waals surface area contributed by atoms with E-state index in [1.54, 1.807) is 42.5 Å². The van der Waals surface area contributed by atoms with Crippen LogP contribution in [0, 0.1) is 0 Å². The number of nitrogens with one attached hydrogen (secondary N) is 3. The Hall–Kier alpha value is -3.33. The number of aromatic nitrogens is 2. The minimum Gasteiger partial charge on any atom is -0.494 e. The number of esters is 1. The number of H-pyrrole nitrogens is 2. The Labute approximate surface area is 174 Å². The zero-order chi connectivity index (χ0) is 20.8. The third-order valence-electron chi connectivity index (χ3n) is 3.83. The van der Waals surface area contributed by atoms with Crippen LogP contribution in [0.15, 0.2) is 51.7 Å². The Morgan fingerprint density at radius 3 is 2.52 bits per heavy atom. The summed E-state index contributed by atoms with van der Waals surface area (Å²) in [7, 11) is 0. The van der Waals surface area contributed by atoms with Gasteiger partial charge in [-0.25, -0.2) is 9.59 Å². The molecule has 3 N–H and O–H groups in total. The van der Waals surface area contributed by atoms with Crippen molar-refractivity contribution in [2.45, 2.75) is 6.92 Å². The Bertz CT molecular complexity index is 1120. The highest BCUT2D eigenvalue weighted by atomic mass is 79.9. The van der Waals surface area contributed by atoms with Crippen LogP contribution in [0.25, 0.3) is 17.1 Å². The Morgan fingerprint density at radius 2 is 1.83 bits per heavy atom. The SMILES string of the molecule is CCOc1ccc(/C=C/C(=O)OCC(=O)Nc2cc3[nH]c(=O)[nH]c3cc2Br)cc1. The lowest BCUT2D eigenvalue weighted by molar-refractivity contribution is -0.142. The summed E-state index contributed by atoms with van der Waals surface area (Å²) in [5.74, 6) is -0.402. The second kappa shape index (κ2) is 9.24. The first kappa shape index (κ1) is 20.4. The molecule has 29 heavy (non-hydrogen) atoms. The molecule has 2 aromatic carbocycles. The number of anilines is 1. The van der Waals surface area contributed by atoms with Crippen LogP contribution in [0.4, 0.5) is 5.69 Å². The van der Waals surface area contributed by atoms with Crippen molar-refractivity contribution >= 4 is 50.6 Å². The molecule has 0 unspecified atom stereocenters. The summed E-state index contributed by atoms with van der Waals surface area (Å²) < 4.78 is 10.9. The van der Waals surface area contributed by atoms with Crippen molar-refractivity contribution in [2.75, 3.05) is 18.5 Å². The molecule has 9 heteroatoms. The molecule has 0 atom stereocenters. The van der Waals surface area contributed by atoms with Crippen LogP contribution in [0.2, 0.25) is 0 Å². The first-order valence-corrected chi connectivity index (χ1v) is 9.53. The summed E-state index contributed by atoms with van der Waals surface area (Å²) in [6.07, 6.45) is 2.83. The smallest absolute Gasteiger partial charge is 0.331 e. The van der Waals surface area contributed by atoms with E-state index in [9.17, 15) is 14.4 Å². The zero-order valence-electron chi connectivity index (χ0n) is 15.5. The number of benzene rings is 2. The van der Waals surface area contributed by atoms with Gasteiger partial charge in [-0.3, -0.25) is 4.79 Å². The van der Waals surface area contributed by atoms with Gasteiger partial charge in [0.25, 0.3) is 5.91 Å². The molecule has 3 aromatic rings. The summed E-state index contributed by atoms with van der Waals surface area (Å²) in [6, 6.07) is 10.5. The summed E-state index contributed by atoms with van der Waals surface area (Å²) in [5.41, 5.74) is 2.05. The molecule has 0 radical (unpaired) electrons. The third kappa shape index (κ3) is 5.58. The molecule has 0 aliphatic carbocycles. The van der Waals surface area contributed by atoms with E-state index in [-0.39, 0.29) is 5.69 Å². The summed E-state index contributed by atoms with van der Waals surface area (Å²) in [6.45, 7) is 2.04. The zero-order valence-corrected chi connectivity index (χ0v) is 17.0. The summed E-state index contributed by atoms with van der Waals surface area (Å²) >= 11 is 3.32. The molecule has 0 saturated carbocycles. The second-order valence-electron chi connectivity index (χ2n) is 5.95. The van der Waals surface area contributed by atoms with E-state index in [2.05, 4.69) is 31.2 Å². The molecule has 8 nitrogen and oxygen atoms in total. The van der Waals surface area contributed by atoms with E-state index in [0.29, 0.717) is 27.8 Å². The van der Waals surface area contributed by atoms with E-state index in [0.717, 1.165) is 11.3 Å². The van der Waals surface area contributed by atoms with Crippen LogP contribution in [-0.4, -0.2) is 35.1 Å². The van der Waals surface area contributed by atoms with Gasteiger partial charge in [0.1, 0.15) is 5.75 Å². The van der Waals surface area contributed by atoms with E-state index in [4.69, 9.17) is 9.47 Å². The van der Waals surface area contributed by atoms with Gasteiger partial charge < -0.3 is 24.8 Å². The molecule has 150 valence electrons. The number of rotatable bonds is 7. The van der Waals surface area contributed by atoms with Gasteiger partial charge in [0.2, 0.25) is 0 Å². The molecular weight excluding hydrogens is 442 g/mol. The van der Waals surface area contributed by atoms with Gasteiger partial charge in [-0.15, -0.1) is 0 Å². The summed E-state index contributed by atoms with van der Waals surface area (Å²) in [4.78, 5) is 40.4. The largest absolute Gasteiger partial charge is 0.494 e. The third-order valence-corrected chi connectivity index (χ3v) is 4.48. The highest BCUT2D eigenvalue weighted by molar-refractivity contribution is 9.10. The minimum atomic E-state index is -0.640. The van der Waals surface area contributed by atoms with Gasteiger partial charge >= 0.3 is 11.7 Å². The average Bonchev–Trinajstić information content (AvgIpc) is 3.05. The molecule has 0 fully saturated rings. The fourth-order valence-corrected chi connectivity index (χ4v) is 2.97. The number of carbonyl (C=O) groups is 2. The van der Waals surface area contributed by atoms with Crippen molar-refractivity contribution < 1.29 is 19.1 Å². The highest BCUT2D eigenvalue weighted by Crippen LogP contribution is 2.26. The van der Waals surface area contributed by atoms with E-state index >= 15 is 0 Å². The number of ether oxygens (including phenoxy) is 2. The van der Waals surface area contributed by atoms with E-state index < -0.39 is 18.5 Å². The number of aromatic amines is 2. The Morgan fingerprint density at radius 1 is 1.14 bits per heavy atom. The number of hydrogen-bond acceptors (Lipinski definition) is 5. The fourth-order valence-electron chi connectivity index (χ4n) is 2.53. The van der Waals surface area contributed by atoms with Crippen LogP contribution < -0.4 is 15.7 Å². The molecule has 0 spiro atoms. The molecule has 0 aliphatic heterocycles. The van der Waals surface area contributed by atoms with Crippen molar-refractivity contribution in [3.63, 3.8) is 0 Å². The summed E-state index contributed by atoms with van der Waals surface area (Å²) in [5, 5.41) is 2.62. The Kier molecular flexibility index (Phi) is 6.50. The predicted molar refractivity (Wildman–Crippen MR) is 113 cm³/mol. The lowest BCUT2D eigenvalue weighted by Crippen LogP contribution is -2.20. The van der Waals surface area contributed by atoms with E-state index in [1.165, 1.54) is 6.08 Å². The van der Waals surface area contributed by atoms with E-state index in [1.807, 2.05) is 6.92 Å². The normalized spacial score (nSPS) is 11.0. The van der Waals surface area contributed by atoms with Gasteiger partial charge in [-0.1, -0.05) is 12.1 Å². The molecule has 1 aromatic heterocycles. The van der Waals surface area contributed by atoms with Crippen molar-refractivity contribution in [1.82, 2.24) is 9.97 Å². The number of hydrogen-bond donors (Lipinski definition) is 3. The van der Waals surface area contributed by atoms with Gasteiger partial charge in [-0.05, 0) is 58.8 Å². The van der Waals surface area contributed by atoms with Crippen LogP contribution in [0.1, 0.15) is 12.5 Å². The van der Waals surface area contributed by atoms with Gasteiger partial charge in [0.15, 0.2) is 6.61 Å². The lowest BCUT2D eigenvalue weighted by Gasteiger charge is -2.07. The number of carbonyl (C=O) groups excluding carboxylic acids is 2. The molecule has 3 rings (SSSR count). The topological polar surface area (TPSA) is 113 Å². The van der Waals surface area contributed by atoms with Crippen LogP contribution in [0.5, 0.6) is 5.75 Å². The standard InChI is InChI=1S/C20H18BrN3O5/c1-2-28-13-6-3-12(4-7-13)5-8-19(26)29-11-18(25)22-15-10-17-16(9-14(15)21)23-20(27)24-17/h3-10H,2,11H2,1H3,(H,22,25)(H2,23,24,27)/b8-5+. The first-order chi connectivity index (χ1) is 13.9. The molecule has 0 aliphatic rings. The number of halogens is 1. The first-order valence-electron chi connectivity index (χ1n) is 8.73. The maximum Gasteiger partial charge on any atom is 0.331 e. The van der Waals surface area contributed by atoms with Crippen molar-refractivity contribution in [2.24, 2.45) is 0 Å². The molecule has 1 amide bonds. The van der Waals surface area contributed by atoms with Gasteiger partial charge in [0.05, 0.1) is 23.3 Å². The second-order valence-corrected chi connectivity index (χ2v) is 6.80. The van der Waals surface area contributed by atoms with Gasteiger partial charge in [-0.2, -0.15) is 0 Å². The maximum atomic E-state index is 12.1. The molecule has 1 heterocycles. The number of amides is 1. The monoisotopic (exact) mass is 459 g/mol. The van der Waals surface area contributed by atoms with Gasteiger partial charge in [0, 0.05) is 10.5 Å². The Balaban J connectivity index is 1.52. The van der Waals surface area contributed by atoms with Crippen molar-refractivity contribution in [3.8, 4) is 5.75 Å². The fraction of sp³-hybridized carbons (Fsp3) is 0.150. The molecule has 0 bridgehead atoms. The molecule has 0 saturated heterocycles. The van der Waals surface area contributed by atoms with Crippen molar-refractivity contribution in [3.05, 3.63) is 63.0 Å². The maximum absolute atomic E-state index is 12.1. The van der Waals surface area contributed by atoms with Crippen LogP contribution in [-0.2, 0) is 14.3 Å². The van der Waals surface area contributed by atoms with Crippen LogP contribution in [0.3, 0.4) is 0 Å². The number of imidazole rings is 1. The van der Waals surface area contributed by atoms with Crippen LogP contribution >= 0.6 is 15.9 Å². The minimum absolute atomic E-state index is 0.344. The predicted octanol–water partition coefficient (Wildman–Crippen LogP) is 3.21. The average molecular weight is 460 g/mol. The van der Waals surface area contributed by atoms with Crippen molar-refractivity contribution in [1.29, 1.82) is 0 Å². The molecular formula is C20H18BrN3O5. The highest BCUT2D eigenvalue weighted by Gasteiger charge is 2.10. The lowest BCUT2D eigenvalue weighted by atomic mass is 10.2. The quantitative estimate of drug-likeness (QED) is 0.370. The number of fused-ring (bicyclic) bond motifs is 1.